The number of anilines is 1. The lowest BCUT2D eigenvalue weighted by molar-refractivity contribution is 0.111. The van der Waals surface area contributed by atoms with Gasteiger partial charge in [-0.25, -0.2) is 4.39 Å². The van der Waals surface area contributed by atoms with Gasteiger partial charge in [0.15, 0.2) is 5.82 Å². The Bertz CT molecular complexity index is 865. The van der Waals surface area contributed by atoms with Crippen molar-refractivity contribution in [1.82, 2.24) is 10.2 Å². The van der Waals surface area contributed by atoms with E-state index >= 15 is 0 Å². The first-order valence-corrected chi connectivity index (χ1v) is 10.9. The molecule has 0 radical (unpaired) electrons. The molecule has 7 heteroatoms. The summed E-state index contributed by atoms with van der Waals surface area (Å²) in [6, 6.07) is 4.91. The van der Waals surface area contributed by atoms with E-state index < -0.39 is 5.67 Å². The minimum Gasteiger partial charge on any atom is -0.507 e. The number of nitrogens with zero attached hydrogens (tertiary/aromatic N) is 2. The van der Waals surface area contributed by atoms with Gasteiger partial charge < -0.3 is 20.7 Å². The first-order chi connectivity index (χ1) is 14.5. The Balaban J connectivity index is 0.000000273. The fourth-order valence-corrected chi connectivity index (χ4v) is 3.83. The van der Waals surface area contributed by atoms with Crippen molar-refractivity contribution in [2.45, 2.75) is 77.2 Å². The Morgan fingerprint density at radius 1 is 1.13 bits per heavy atom. The van der Waals surface area contributed by atoms with Crippen LogP contribution in [0.25, 0.3) is 11.3 Å². The molecule has 3 aliphatic rings. The summed E-state index contributed by atoms with van der Waals surface area (Å²) < 4.78 is 19.5. The van der Waals surface area contributed by atoms with Crippen molar-refractivity contribution < 1.29 is 19.3 Å². The lowest BCUT2D eigenvalue weighted by Gasteiger charge is -2.20. The number of nitrogens with two attached hydrogens (primary N) is 1. The molecule has 1 aromatic carbocycles. The van der Waals surface area contributed by atoms with Crippen molar-refractivity contribution in [3.05, 3.63) is 34.9 Å². The van der Waals surface area contributed by atoms with Crippen LogP contribution in [0.15, 0.2) is 18.2 Å². The Morgan fingerprint density at radius 2 is 1.83 bits per heavy atom. The van der Waals surface area contributed by atoms with E-state index in [4.69, 9.17) is 15.6 Å². The van der Waals surface area contributed by atoms with E-state index in [-0.39, 0.29) is 11.9 Å². The van der Waals surface area contributed by atoms with Crippen LogP contribution < -0.4 is 5.73 Å². The molecule has 0 spiro atoms. The predicted molar refractivity (Wildman–Crippen MR) is 115 cm³/mol. The number of hydrogen-bond donors (Lipinski definition) is 3. The minimum atomic E-state index is -1.27. The van der Waals surface area contributed by atoms with Crippen LogP contribution in [0.5, 0.6) is 5.75 Å². The van der Waals surface area contributed by atoms with Crippen LogP contribution in [0.4, 0.5) is 10.2 Å². The van der Waals surface area contributed by atoms with Crippen molar-refractivity contribution in [3.63, 3.8) is 0 Å². The molecule has 2 heterocycles. The van der Waals surface area contributed by atoms with Gasteiger partial charge in [0.2, 0.25) is 0 Å². The van der Waals surface area contributed by atoms with Crippen molar-refractivity contribution in [2.75, 3.05) is 12.3 Å². The topological polar surface area (TPSA) is 101 Å². The van der Waals surface area contributed by atoms with Gasteiger partial charge >= 0.3 is 0 Å². The maximum Gasteiger partial charge on any atom is 0.151 e. The molecule has 30 heavy (non-hydrogen) atoms. The summed E-state index contributed by atoms with van der Waals surface area (Å²) in [5, 5.41) is 27.1. The first-order valence-electron chi connectivity index (χ1n) is 10.9. The fourth-order valence-electron chi connectivity index (χ4n) is 3.83. The Kier molecular flexibility index (Phi) is 7.26. The number of phenols is 1. The molecule has 164 valence electrons. The molecule has 2 saturated carbocycles. The average molecular weight is 418 g/mol. The summed E-state index contributed by atoms with van der Waals surface area (Å²) in [5.74, 6) is 0.379. The van der Waals surface area contributed by atoms with Crippen LogP contribution in [0.2, 0.25) is 0 Å². The predicted octanol–water partition coefficient (Wildman–Crippen LogP) is 4.41. The number of rotatable bonds is 2. The maximum atomic E-state index is 14.1. The monoisotopic (exact) mass is 417 g/mol. The van der Waals surface area contributed by atoms with Gasteiger partial charge in [0.05, 0.1) is 19.3 Å². The van der Waals surface area contributed by atoms with E-state index in [1.54, 1.807) is 12.1 Å². The van der Waals surface area contributed by atoms with Gasteiger partial charge in [-0.05, 0) is 55.4 Å². The maximum absolute atomic E-state index is 14.1. The highest BCUT2D eigenvalue weighted by molar-refractivity contribution is 5.72. The van der Waals surface area contributed by atoms with Crippen LogP contribution >= 0.6 is 0 Å². The molecule has 4 N–H and O–H groups in total. The third kappa shape index (κ3) is 4.90. The SMILES string of the molecule is CC.Nc1nnc(-c2ccc(C3(F)CC3)cc2O)c2c1COCC2.OC1CCCC1. The van der Waals surface area contributed by atoms with Crippen LogP contribution in [-0.4, -0.2) is 33.1 Å². The van der Waals surface area contributed by atoms with Gasteiger partial charge in [-0.15, -0.1) is 10.2 Å². The van der Waals surface area contributed by atoms with Crippen LogP contribution in [0.3, 0.4) is 0 Å². The third-order valence-electron chi connectivity index (χ3n) is 5.74. The van der Waals surface area contributed by atoms with Crippen LogP contribution in [-0.2, 0) is 23.4 Å². The zero-order chi connectivity index (χ0) is 21.7. The number of aliphatic hydroxyl groups is 1. The van der Waals surface area contributed by atoms with Crippen molar-refractivity contribution >= 4 is 5.82 Å². The molecule has 1 aliphatic heterocycles. The number of aromatic hydroxyl groups is 1. The van der Waals surface area contributed by atoms with Gasteiger partial charge in [-0.3, -0.25) is 0 Å². The molecule has 6 nitrogen and oxygen atoms in total. The van der Waals surface area contributed by atoms with E-state index in [2.05, 4.69) is 10.2 Å². The number of aromatic nitrogens is 2. The largest absolute Gasteiger partial charge is 0.507 e. The summed E-state index contributed by atoms with van der Waals surface area (Å²) in [7, 11) is 0. The molecule has 0 bridgehead atoms. The highest BCUT2D eigenvalue weighted by Crippen LogP contribution is 2.51. The highest BCUT2D eigenvalue weighted by atomic mass is 19.1. The second-order valence-corrected chi connectivity index (χ2v) is 7.83. The number of nitrogen functional groups attached to an aromatic ring is 1. The summed E-state index contributed by atoms with van der Waals surface area (Å²) in [5.41, 5.74) is 8.03. The highest BCUT2D eigenvalue weighted by Gasteiger charge is 2.45. The van der Waals surface area contributed by atoms with Gasteiger partial charge in [0.25, 0.3) is 0 Å². The average Bonchev–Trinajstić information content (AvgIpc) is 3.34. The lowest BCUT2D eigenvalue weighted by Crippen LogP contribution is -2.16. The van der Waals surface area contributed by atoms with Crippen molar-refractivity contribution in [1.29, 1.82) is 0 Å². The molecule has 0 unspecified atom stereocenters. The molecule has 0 amide bonds. The number of aliphatic hydroxyl groups excluding tert-OH is 1. The molecule has 1 aromatic heterocycles. The normalized spacial score (nSPS) is 19.1. The smallest absolute Gasteiger partial charge is 0.151 e. The van der Waals surface area contributed by atoms with Gasteiger partial charge in [0.1, 0.15) is 17.1 Å². The molecular weight excluding hydrogens is 385 g/mol. The second kappa shape index (κ2) is 9.71. The van der Waals surface area contributed by atoms with Crippen molar-refractivity contribution in [3.8, 4) is 17.0 Å². The van der Waals surface area contributed by atoms with E-state index in [0.29, 0.717) is 55.1 Å². The Labute approximate surface area is 177 Å². The second-order valence-electron chi connectivity index (χ2n) is 7.83. The summed E-state index contributed by atoms with van der Waals surface area (Å²) in [6.45, 7) is 4.98. The van der Waals surface area contributed by atoms with Gasteiger partial charge in [-0.1, -0.05) is 32.8 Å². The van der Waals surface area contributed by atoms with E-state index in [9.17, 15) is 9.50 Å². The third-order valence-corrected chi connectivity index (χ3v) is 5.74. The summed E-state index contributed by atoms with van der Waals surface area (Å²) in [4.78, 5) is 0. The number of phenolic OH excluding ortho intramolecular Hbond substituents is 1. The zero-order valence-corrected chi connectivity index (χ0v) is 17.8. The van der Waals surface area contributed by atoms with Crippen LogP contribution in [0, 0.1) is 0 Å². The van der Waals surface area contributed by atoms with E-state index in [1.165, 1.54) is 18.9 Å². The summed E-state index contributed by atoms with van der Waals surface area (Å²) >= 11 is 0. The lowest BCUT2D eigenvalue weighted by atomic mass is 9.96. The number of ether oxygens (including phenoxy) is 1. The number of fused-ring (bicyclic) bond motifs is 1. The van der Waals surface area contributed by atoms with E-state index in [1.807, 2.05) is 13.8 Å². The Morgan fingerprint density at radius 3 is 2.40 bits per heavy atom. The van der Waals surface area contributed by atoms with Gasteiger partial charge in [0, 0.05) is 11.1 Å². The quantitative estimate of drug-likeness (QED) is 0.669. The first kappa shape index (κ1) is 22.4. The number of hydrogen-bond acceptors (Lipinski definition) is 6. The standard InChI is InChI=1S/C16H16FN3O2.C5H10O.C2H6/c17-16(4-5-16)9-1-2-11(13(21)7-9)14-10-3-6-22-8-12(10)15(18)20-19-14;6-5-3-1-2-4-5;1-2/h1-2,7,21H,3-6,8H2,(H2,18,20);5-6H,1-4H2;1-2H3. The molecule has 0 saturated heterocycles. The molecule has 2 fully saturated rings. The number of halogens is 1. The molecule has 0 atom stereocenters. The van der Waals surface area contributed by atoms with Crippen LogP contribution in [0.1, 0.15) is 69.1 Å². The fraction of sp³-hybridized carbons (Fsp3) is 0.565. The van der Waals surface area contributed by atoms with Gasteiger partial charge in [-0.2, -0.15) is 0 Å². The van der Waals surface area contributed by atoms with Crippen molar-refractivity contribution in [2.24, 2.45) is 0 Å². The zero-order valence-electron chi connectivity index (χ0n) is 17.8. The number of alkyl halides is 1. The van der Waals surface area contributed by atoms with E-state index in [0.717, 1.165) is 24.0 Å². The molecule has 5 rings (SSSR count). The molecule has 2 aliphatic carbocycles. The molecular formula is C23H32FN3O3. The molecule has 2 aromatic rings. The minimum absolute atomic E-state index is 0.0224. The summed E-state index contributed by atoms with van der Waals surface area (Å²) in [6.07, 6.45) is 6.30. The number of benzene rings is 1. The Hall–Kier alpha value is -2.25.